The van der Waals surface area contributed by atoms with Gasteiger partial charge in [0, 0.05) is 6.42 Å². The first-order chi connectivity index (χ1) is 6.97. The molecule has 0 aromatic carbocycles. The van der Waals surface area contributed by atoms with E-state index in [0.717, 1.165) is 6.08 Å². The fourth-order valence-electron chi connectivity index (χ4n) is 1.10. The SMILES string of the molecule is CCCOC(=O)C1=CCC(O)(O)C(O)=C1. The molecule has 3 N–H and O–H groups in total. The second-order valence-corrected chi connectivity index (χ2v) is 3.35. The molecular formula is C10H14O5. The first-order valence-corrected chi connectivity index (χ1v) is 4.70. The number of ether oxygens (including phenoxy) is 1. The van der Waals surface area contributed by atoms with Crippen molar-refractivity contribution in [2.45, 2.75) is 25.6 Å². The molecule has 0 aromatic heterocycles. The van der Waals surface area contributed by atoms with Gasteiger partial charge in [0.2, 0.25) is 5.79 Å². The minimum atomic E-state index is -2.27. The summed E-state index contributed by atoms with van der Waals surface area (Å²) in [6, 6.07) is 0. The van der Waals surface area contributed by atoms with Crippen molar-refractivity contribution in [3.63, 3.8) is 0 Å². The Morgan fingerprint density at radius 3 is 2.80 bits per heavy atom. The van der Waals surface area contributed by atoms with Crippen LogP contribution < -0.4 is 0 Å². The first kappa shape index (κ1) is 11.7. The molecule has 84 valence electrons. The predicted molar refractivity (Wildman–Crippen MR) is 51.8 cm³/mol. The molecule has 1 aliphatic carbocycles. The van der Waals surface area contributed by atoms with Gasteiger partial charge in [0.25, 0.3) is 0 Å². The van der Waals surface area contributed by atoms with Gasteiger partial charge in [-0.2, -0.15) is 0 Å². The van der Waals surface area contributed by atoms with E-state index in [-0.39, 0.29) is 12.0 Å². The standard InChI is InChI=1S/C10H14O5/c1-2-5-15-9(12)7-3-4-10(13,14)8(11)6-7/h3,6,11,13-14H,2,4-5H2,1H3. The molecule has 1 aliphatic rings. The maximum absolute atomic E-state index is 11.3. The lowest BCUT2D eigenvalue weighted by atomic mass is 10.0. The molecule has 0 aliphatic heterocycles. The highest BCUT2D eigenvalue weighted by Gasteiger charge is 2.32. The van der Waals surface area contributed by atoms with Crippen molar-refractivity contribution in [3.8, 4) is 0 Å². The molecule has 0 atom stereocenters. The van der Waals surface area contributed by atoms with Gasteiger partial charge in [0.1, 0.15) is 0 Å². The summed E-state index contributed by atoms with van der Waals surface area (Å²) in [7, 11) is 0. The molecule has 1 rings (SSSR count). The van der Waals surface area contributed by atoms with Crippen molar-refractivity contribution < 1.29 is 24.9 Å². The maximum Gasteiger partial charge on any atom is 0.337 e. The van der Waals surface area contributed by atoms with Crippen LogP contribution in [0.15, 0.2) is 23.5 Å². The van der Waals surface area contributed by atoms with Crippen LogP contribution in [0.3, 0.4) is 0 Å². The third-order valence-electron chi connectivity index (χ3n) is 1.98. The van der Waals surface area contributed by atoms with Crippen LogP contribution in [0.2, 0.25) is 0 Å². The van der Waals surface area contributed by atoms with Gasteiger partial charge in [-0.15, -0.1) is 0 Å². The zero-order valence-corrected chi connectivity index (χ0v) is 8.43. The summed E-state index contributed by atoms with van der Waals surface area (Å²) in [4.78, 5) is 11.3. The van der Waals surface area contributed by atoms with Gasteiger partial charge in [-0.25, -0.2) is 4.79 Å². The van der Waals surface area contributed by atoms with Crippen LogP contribution in [-0.2, 0) is 9.53 Å². The number of rotatable bonds is 3. The third-order valence-corrected chi connectivity index (χ3v) is 1.98. The zero-order chi connectivity index (χ0) is 11.5. The highest BCUT2D eigenvalue weighted by Crippen LogP contribution is 2.24. The molecule has 0 saturated heterocycles. The highest BCUT2D eigenvalue weighted by molar-refractivity contribution is 5.92. The van der Waals surface area contributed by atoms with E-state index in [0.29, 0.717) is 13.0 Å². The lowest BCUT2D eigenvalue weighted by molar-refractivity contribution is -0.151. The minimum Gasteiger partial charge on any atom is -0.507 e. The van der Waals surface area contributed by atoms with E-state index in [9.17, 15) is 9.90 Å². The normalized spacial score (nSPS) is 19.1. The average Bonchev–Trinajstić information content (AvgIpc) is 2.18. The quantitative estimate of drug-likeness (QED) is 0.467. The van der Waals surface area contributed by atoms with Crippen LogP contribution in [0, 0.1) is 0 Å². The number of carbonyl (C=O) groups excluding carboxylic acids is 1. The van der Waals surface area contributed by atoms with Gasteiger partial charge in [-0.05, 0) is 12.5 Å². The Hall–Kier alpha value is -1.33. The summed E-state index contributed by atoms with van der Waals surface area (Å²) < 4.78 is 4.82. The van der Waals surface area contributed by atoms with Crippen molar-refractivity contribution in [1.29, 1.82) is 0 Å². The van der Waals surface area contributed by atoms with Crippen molar-refractivity contribution in [2.75, 3.05) is 6.61 Å². The third kappa shape index (κ3) is 2.81. The summed E-state index contributed by atoms with van der Waals surface area (Å²) in [5.41, 5.74) is 0.139. The summed E-state index contributed by atoms with van der Waals surface area (Å²) in [6.45, 7) is 2.16. The molecule has 5 nitrogen and oxygen atoms in total. The Labute approximate surface area is 87.3 Å². The molecule has 15 heavy (non-hydrogen) atoms. The van der Waals surface area contributed by atoms with E-state index in [4.69, 9.17) is 14.9 Å². The largest absolute Gasteiger partial charge is 0.507 e. The Kier molecular flexibility index (Phi) is 3.49. The summed E-state index contributed by atoms with van der Waals surface area (Å²) >= 11 is 0. The van der Waals surface area contributed by atoms with Crippen molar-refractivity contribution in [2.24, 2.45) is 0 Å². The average molecular weight is 214 g/mol. The van der Waals surface area contributed by atoms with E-state index >= 15 is 0 Å². The summed E-state index contributed by atoms with van der Waals surface area (Å²) in [6.07, 6.45) is 2.80. The summed E-state index contributed by atoms with van der Waals surface area (Å²) in [5, 5.41) is 27.5. The predicted octanol–water partition coefficient (Wildman–Crippen LogP) is 0.393. The summed E-state index contributed by atoms with van der Waals surface area (Å²) in [5.74, 6) is -3.48. The van der Waals surface area contributed by atoms with Crippen molar-refractivity contribution in [3.05, 3.63) is 23.5 Å². The molecule has 0 spiro atoms. The second kappa shape index (κ2) is 4.46. The minimum absolute atomic E-state index is 0.139. The highest BCUT2D eigenvalue weighted by atomic mass is 16.5. The van der Waals surface area contributed by atoms with Gasteiger partial charge in [-0.1, -0.05) is 13.0 Å². The molecule has 0 fully saturated rings. The molecule has 0 bridgehead atoms. The molecule has 0 radical (unpaired) electrons. The smallest absolute Gasteiger partial charge is 0.337 e. The molecule has 0 aromatic rings. The lowest BCUT2D eigenvalue weighted by Gasteiger charge is -2.22. The number of carbonyl (C=O) groups is 1. The molecule has 0 unspecified atom stereocenters. The molecular weight excluding hydrogens is 200 g/mol. The van der Waals surface area contributed by atoms with Gasteiger partial charge in [0.05, 0.1) is 12.2 Å². The topological polar surface area (TPSA) is 87.0 Å². The molecule has 0 heterocycles. The molecule has 5 heteroatoms. The van der Waals surface area contributed by atoms with Gasteiger partial charge >= 0.3 is 5.97 Å². The van der Waals surface area contributed by atoms with Crippen LogP contribution in [-0.4, -0.2) is 33.7 Å². The Bertz CT molecular complexity index is 314. The number of hydrogen-bond donors (Lipinski definition) is 3. The molecule has 0 saturated carbocycles. The monoisotopic (exact) mass is 214 g/mol. The zero-order valence-electron chi connectivity index (χ0n) is 8.43. The van der Waals surface area contributed by atoms with E-state index in [2.05, 4.69) is 0 Å². The fraction of sp³-hybridized carbons (Fsp3) is 0.500. The number of aliphatic hydroxyl groups is 3. The first-order valence-electron chi connectivity index (χ1n) is 4.70. The number of esters is 1. The lowest BCUT2D eigenvalue weighted by Crippen LogP contribution is -2.32. The van der Waals surface area contributed by atoms with Gasteiger partial charge in [0.15, 0.2) is 5.76 Å². The van der Waals surface area contributed by atoms with Crippen LogP contribution >= 0.6 is 0 Å². The van der Waals surface area contributed by atoms with Crippen molar-refractivity contribution in [1.82, 2.24) is 0 Å². The van der Waals surface area contributed by atoms with Crippen LogP contribution in [0.5, 0.6) is 0 Å². The van der Waals surface area contributed by atoms with E-state index in [1.54, 1.807) is 0 Å². The number of aliphatic hydroxyl groups excluding tert-OH is 1. The van der Waals surface area contributed by atoms with E-state index < -0.39 is 17.5 Å². The number of hydrogen-bond acceptors (Lipinski definition) is 5. The van der Waals surface area contributed by atoms with Crippen molar-refractivity contribution >= 4 is 5.97 Å². The van der Waals surface area contributed by atoms with E-state index in [1.807, 2.05) is 6.92 Å². The van der Waals surface area contributed by atoms with Crippen LogP contribution in [0.25, 0.3) is 0 Å². The van der Waals surface area contributed by atoms with Crippen LogP contribution in [0.1, 0.15) is 19.8 Å². The maximum atomic E-state index is 11.3. The van der Waals surface area contributed by atoms with E-state index in [1.165, 1.54) is 6.08 Å². The Morgan fingerprint density at radius 1 is 1.60 bits per heavy atom. The Morgan fingerprint density at radius 2 is 2.27 bits per heavy atom. The van der Waals surface area contributed by atoms with Crippen LogP contribution in [0.4, 0.5) is 0 Å². The molecule has 0 amide bonds. The second-order valence-electron chi connectivity index (χ2n) is 3.35. The van der Waals surface area contributed by atoms with Gasteiger partial charge < -0.3 is 20.1 Å². The van der Waals surface area contributed by atoms with Gasteiger partial charge in [-0.3, -0.25) is 0 Å². The Balaban J connectivity index is 2.68. The fourth-order valence-corrected chi connectivity index (χ4v) is 1.10.